The standard InChI is InChI=1S/C16H19ClN2O2S/c1-9(2)8-21-15(20)13-10(3)18-16(22)19-14(13)11-6-4-5-7-12(11)17/h4-7,9,14H,8H2,1-3H3,(H2,18,19,22)/t14-/m1/s1. The van der Waals surface area contributed by atoms with Gasteiger partial charge in [-0.25, -0.2) is 4.79 Å². The number of esters is 1. The van der Waals surface area contributed by atoms with E-state index in [1.165, 1.54) is 0 Å². The van der Waals surface area contributed by atoms with Crippen molar-refractivity contribution in [2.24, 2.45) is 5.92 Å². The molecule has 1 heterocycles. The van der Waals surface area contributed by atoms with E-state index in [9.17, 15) is 4.79 Å². The van der Waals surface area contributed by atoms with Crippen molar-refractivity contribution in [3.8, 4) is 0 Å². The van der Waals surface area contributed by atoms with Gasteiger partial charge in [-0.15, -0.1) is 0 Å². The summed E-state index contributed by atoms with van der Waals surface area (Å²) in [6.07, 6.45) is 0. The number of ether oxygens (including phenoxy) is 1. The molecule has 0 radical (unpaired) electrons. The molecule has 1 aromatic carbocycles. The van der Waals surface area contributed by atoms with E-state index in [0.29, 0.717) is 28.0 Å². The largest absolute Gasteiger partial charge is 0.462 e. The van der Waals surface area contributed by atoms with Gasteiger partial charge in [-0.3, -0.25) is 0 Å². The molecule has 1 aliphatic rings. The Kier molecular flexibility index (Phi) is 5.42. The van der Waals surface area contributed by atoms with Crippen LogP contribution < -0.4 is 10.6 Å². The summed E-state index contributed by atoms with van der Waals surface area (Å²) in [5.41, 5.74) is 1.98. The zero-order valence-corrected chi connectivity index (χ0v) is 14.3. The molecule has 0 fully saturated rings. The van der Waals surface area contributed by atoms with Gasteiger partial charge in [0.1, 0.15) is 0 Å². The number of hydrogen-bond donors (Lipinski definition) is 2. The zero-order valence-electron chi connectivity index (χ0n) is 12.8. The number of rotatable bonds is 4. The molecule has 0 saturated heterocycles. The third-order valence-electron chi connectivity index (χ3n) is 3.25. The quantitative estimate of drug-likeness (QED) is 0.651. The van der Waals surface area contributed by atoms with E-state index >= 15 is 0 Å². The van der Waals surface area contributed by atoms with Gasteiger partial charge >= 0.3 is 5.97 Å². The van der Waals surface area contributed by atoms with Crippen LogP contribution in [0.5, 0.6) is 0 Å². The molecule has 1 atom stereocenters. The molecule has 0 saturated carbocycles. The fourth-order valence-corrected chi connectivity index (χ4v) is 2.74. The van der Waals surface area contributed by atoms with E-state index in [2.05, 4.69) is 10.6 Å². The molecule has 2 N–H and O–H groups in total. The molecular formula is C16H19ClN2O2S. The van der Waals surface area contributed by atoms with Gasteiger partial charge in [0, 0.05) is 10.7 Å². The van der Waals surface area contributed by atoms with Crippen molar-refractivity contribution in [2.45, 2.75) is 26.8 Å². The summed E-state index contributed by atoms with van der Waals surface area (Å²) in [7, 11) is 0. The Hall–Kier alpha value is -1.59. The first-order valence-electron chi connectivity index (χ1n) is 7.10. The predicted molar refractivity (Wildman–Crippen MR) is 91.6 cm³/mol. The minimum Gasteiger partial charge on any atom is -0.462 e. The van der Waals surface area contributed by atoms with Crippen LogP contribution in [0.2, 0.25) is 5.02 Å². The summed E-state index contributed by atoms with van der Waals surface area (Å²) in [5.74, 6) is -0.0900. The molecule has 6 heteroatoms. The van der Waals surface area contributed by atoms with Gasteiger partial charge in [0.25, 0.3) is 0 Å². The molecule has 2 rings (SSSR count). The number of thiocarbonyl (C=S) groups is 1. The van der Waals surface area contributed by atoms with E-state index in [0.717, 1.165) is 5.56 Å². The molecule has 0 bridgehead atoms. The van der Waals surface area contributed by atoms with Gasteiger partial charge in [-0.2, -0.15) is 0 Å². The van der Waals surface area contributed by atoms with E-state index in [4.69, 9.17) is 28.6 Å². The second kappa shape index (κ2) is 7.11. The summed E-state index contributed by atoms with van der Waals surface area (Å²) in [5, 5.41) is 7.11. The number of halogens is 1. The van der Waals surface area contributed by atoms with E-state index in [-0.39, 0.29) is 11.9 Å². The van der Waals surface area contributed by atoms with Crippen molar-refractivity contribution < 1.29 is 9.53 Å². The van der Waals surface area contributed by atoms with Crippen molar-refractivity contribution in [1.82, 2.24) is 10.6 Å². The Bertz CT molecular complexity index is 628. The fraction of sp³-hybridized carbons (Fsp3) is 0.375. The lowest BCUT2D eigenvalue weighted by molar-refractivity contribution is -0.140. The third kappa shape index (κ3) is 3.78. The number of benzene rings is 1. The van der Waals surface area contributed by atoms with Crippen molar-refractivity contribution >= 4 is 34.9 Å². The molecule has 4 nitrogen and oxygen atoms in total. The maximum absolute atomic E-state index is 12.5. The summed E-state index contributed by atoms with van der Waals surface area (Å²) in [6, 6.07) is 6.97. The van der Waals surface area contributed by atoms with E-state index in [1.807, 2.05) is 39.0 Å². The molecule has 0 spiro atoms. The number of carbonyl (C=O) groups excluding carboxylic acids is 1. The number of carbonyl (C=O) groups is 1. The minimum absolute atomic E-state index is 0.272. The highest BCUT2D eigenvalue weighted by Gasteiger charge is 2.32. The zero-order chi connectivity index (χ0) is 16.3. The highest BCUT2D eigenvalue weighted by atomic mass is 35.5. The third-order valence-corrected chi connectivity index (χ3v) is 3.82. The Morgan fingerprint density at radius 1 is 1.41 bits per heavy atom. The van der Waals surface area contributed by atoms with Gasteiger partial charge in [0.05, 0.1) is 18.2 Å². The summed E-state index contributed by atoms with van der Waals surface area (Å²) >= 11 is 11.5. The normalized spacial score (nSPS) is 18.0. The van der Waals surface area contributed by atoms with Crippen molar-refractivity contribution in [3.63, 3.8) is 0 Å². The lowest BCUT2D eigenvalue weighted by Crippen LogP contribution is -2.45. The molecule has 22 heavy (non-hydrogen) atoms. The first-order chi connectivity index (χ1) is 10.4. The van der Waals surface area contributed by atoms with E-state index in [1.54, 1.807) is 6.07 Å². The predicted octanol–water partition coefficient (Wildman–Crippen LogP) is 3.33. The van der Waals surface area contributed by atoms with Crippen LogP contribution in [-0.2, 0) is 9.53 Å². The van der Waals surface area contributed by atoms with Crippen molar-refractivity contribution in [2.75, 3.05) is 6.61 Å². The first kappa shape index (κ1) is 16.8. The molecule has 0 unspecified atom stereocenters. The van der Waals surface area contributed by atoms with E-state index < -0.39 is 6.04 Å². The van der Waals surface area contributed by atoms with Crippen LogP contribution in [0.1, 0.15) is 32.4 Å². The van der Waals surface area contributed by atoms with Gasteiger partial charge in [-0.05, 0) is 36.7 Å². The number of allylic oxidation sites excluding steroid dienone is 1. The molecule has 118 valence electrons. The molecule has 0 aromatic heterocycles. The maximum atomic E-state index is 12.5. The highest BCUT2D eigenvalue weighted by molar-refractivity contribution is 7.80. The van der Waals surface area contributed by atoms with Crippen LogP contribution in [-0.4, -0.2) is 17.7 Å². The van der Waals surface area contributed by atoms with Crippen LogP contribution in [0.4, 0.5) is 0 Å². The van der Waals surface area contributed by atoms with Crippen LogP contribution in [0.3, 0.4) is 0 Å². The average Bonchev–Trinajstić information content (AvgIpc) is 2.44. The fourth-order valence-electron chi connectivity index (χ4n) is 2.23. The molecule has 1 aliphatic heterocycles. The van der Waals surface area contributed by atoms with Gasteiger partial charge < -0.3 is 15.4 Å². The average molecular weight is 339 g/mol. The van der Waals surface area contributed by atoms with Crippen LogP contribution in [0.25, 0.3) is 0 Å². The summed E-state index contributed by atoms with van der Waals surface area (Å²) in [6.45, 7) is 6.16. The minimum atomic E-state index is -0.415. The molecule has 0 aliphatic carbocycles. The second-order valence-corrected chi connectivity index (χ2v) is 6.40. The second-order valence-electron chi connectivity index (χ2n) is 5.58. The Balaban J connectivity index is 2.37. The summed E-state index contributed by atoms with van der Waals surface area (Å²) < 4.78 is 5.38. The number of hydrogen-bond acceptors (Lipinski definition) is 3. The van der Waals surface area contributed by atoms with Gasteiger partial charge in [-0.1, -0.05) is 43.6 Å². The Morgan fingerprint density at radius 3 is 2.73 bits per heavy atom. The Labute approximate surface area is 140 Å². The van der Waals surface area contributed by atoms with Gasteiger partial charge in [0.15, 0.2) is 5.11 Å². The van der Waals surface area contributed by atoms with Crippen LogP contribution in [0, 0.1) is 5.92 Å². The smallest absolute Gasteiger partial charge is 0.338 e. The Morgan fingerprint density at radius 2 is 2.09 bits per heavy atom. The summed E-state index contributed by atoms with van der Waals surface area (Å²) in [4.78, 5) is 12.5. The first-order valence-corrected chi connectivity index (χ1v) is 7.88. The molecule has 0 amide bonds. The van der Waals surface area contributed by atoms with Crippen molar-refractivity contribution in [1.29, 1.82) is 0 Å². The van der Waals surface area contributed by atoms with Crippen LogP contribution in [0.15, 0.2) is 35.5 Å². The lowest BCUT2D eigenvalue weighted by Gasteiger charge is -2.30. The monoisotopic (exact) mass is 338 g/mol. The maximum Gasteiger partial charge on any atom is 0.338 e. The van der Waals surface area contributed by atoms with Crippen LogP contribution >= 0.6 is 23.8 Å². The molecular weight excluding hydrogens is 320 g/mol. The number of nitrogens with one attached hydrogen (secondary N) is 2. The van der Waals surface area contributed by atoms with Crippen molar-refractivity contribution in [3.05, 3.63) is 46.1 Å². The molecule has 1 aromatic rings. The highest BCUT2D eigenvalue weighted by Crippen LogP contribution is 2.32. The lowest BCUT2D eigenvalue weighted by atomic mass is 9.95. The SMILES string of the molecule is CC1=C(C(=O)OCC(C)C)[C@@H](c2ccccc2Cl)NC(=S)N1. The topological polar surface area (TPSA) is 50.4 Å². The van der Waals surface area contributed by atoms with Gasteiger partial charge in [0.2, 0.25) is 0 Å².